The van der Waals surface area contributed by atoms with Crippen LogP contribution in [0.2, 0.25) is 10.0 Å². The highest BCUT2D eigenvalue weighted by atomic mass is 35.5. The Morgan fingerprint density at radius 3 is 2.68 bits per heavy atom. The number of nitrogens with zero attached hydrogens (tertiary/aromatic N) is 1. The van der Waals surface area contributed by atoms with Crippen molar-refractivity contribution in [2.45, 2.75) is 13.8 Å². The molecule has 0 radical (unpaired) electrons. The van der Waals surface area contributed by atoms with Gasteiger partial charge in [0.15, 0.2) is 5.76 Å². The predicted octanol–water partition coefficient (Wildman–Crippen LogP) is 6.06. The summed E-state index contributed by atoms with van der Waals surface area (Å²) in [4.78, 5) is 13.4. The number of benzene rings is 1. The lowest BCUT2D eigenvalue weighted by Crippen LogP contribution is -2.10. The highest BCUT2D eigenvalue weighted by molar-refractivity contribution is 7.16. The summed E-state index contributed by atoms with van der Waals surface area (Å²) in [5.74, 6) is 0.175. The average molecular weight is 391 g/mol. The van der Waals surface area contributed by atoms with Crippen molar-refractivity contribution in [2.24, 2.45) is 0 Å². The van der Waals surface area contributed by atoms with Crippen molar-refractivity contribution in [1.82, 2.24) is 0 Å². The van der Waals surface area contributed by atoms with Crippen molar-refractivity contribution in [3.63, 3.8) is 0 Å². The topological polar surface area (TPSA) is 66.0 Å². The smallest absolute Gasteiger partial charge is 0.292 e. The van der Waals surface area contributed by atoms with Crippen LogP contribution in [0.15, 0.2) is 34.7 Å². The Hall–Kier alpha value is -2.26. The fourth-order valence-corrected chi connectivity index (χ4v) is 3.82. The fraction of sp³-hybridized carbons (Fsp3) is 0.111. The molecule has 4 nitrogen and oxygen atoms in total. The maximum absolute atomic E-state index is 12.4. The molecule has 25 heavy (non-hydrogen) atoms. The third kappa shape index (κ3) is 3.42. The van der Waals surface area contributed by atoms with Gasteiger partial charge in [-0.05, 0) is 49.7 Å². The van der Waals surface area contributed by atoms with Crippen molar-refractivity contribution in [2.75, 3.05) is 5.32 Å². The molecule has 0 saturated heterocycles. The van der Waals surface area contributed by atoms with Crippen LogP contribution in [0.4, 0.5) is 5.00 Å². The molecule has 0 unspecified atom stereocenters. The van der Waals surface area contributed by atoms with Crippen molar-refractivity contribution < 1.29 is 9.21 Å². The van der Waals surface area contributed by atoms with E-state index in [1.165, 1.54) is 11.3 Å². The van der Waals surface area contributed by atoms with Crippen molar-refractivity contribution >= 4 is 45.4 Å². The first-order valence-electron chi connectivity index (χ1n) is 7.27. The Morgan fingerprint density at radius 2 is 2.00 bits per heavy atom. The summed E-state index contributed by atoms with van der Waals surface area (Å²) < 4.78 is 5.62. The number of aryl methyl sites for hydroxylation is 1. The molecule has 0 saturated carbocycles. The van der Waals surface area contributed by atoms with E-state index in [1.807, 2.05) is 13.8 Å². The molecule has 2 heterocycles. The second-order valence-electron chi connectivity index (χ2n) is 5.34. The van der Waals surface area contributed by atoms with Gasteiger partial charge in [-0.25, -0.2) is 0 Å². The third-order valence-electron chi connectivity index (χ3n) is 3.75. The number of anilines is 1. The van der Waals surface area contributed by atoms with E-state index < -0.39 is 5.91 Å². The van der Waals surface area contributed by atoms with E-state index >= 15 is 0 Å². The molecule has 1 amide bonds. The first-order chi connectivity index (χ1) is 11.9. The normalized spacial score (nSPS) is 10.5. The second-order valence-corrected chi connectivity index (χ2v) is 7.41. The van der Waals surface area contributed by atoms with Crippen LogP contribution in [0.5, 0.6) is 0 Å². The molecule has 0 spiro atoms. The van der Waals surface area contributed by atoms with Gasteiger partial charge in [-0.15, -0.1) is 11.3 Å². The quantitative estimate of drug-likeness (QED) is 0.591. The lowest BCUT2D eigenvalue weighted by Gasteiger charge is -2.02. The molecular formula is C18H12Cl2N2O2S. The summed E-state index contributed by atoms with van der Waals surface area (Å²) >= 11 is 13.4. The lowest BCUT2D eigenvalue weighted by atomic mass is 10.2. The number of hydrogen-bond acceptors (Lipinski definition) is 4. The van der Waals surface area contributed by atoms with E-state index in [-0.39, 0.29) is 5.76 Å². The van der Waals surface area contributed by atoms with Gasteiger partial charge in [0.1, 0.15) is 16.8 Å². The molecule has 1 aromatic carbocycles. The van der Waals surface area contributed by atoms with Crippen molar-refractivity contribution in [1.29, 1.82) is 5.26 Å². The molecule has 0 bridgehead atoms. The standard InChI is InChI=1S/C18H12Cl2N2O2S/c1-9-10(2)25-18(13(9)8-21)22-17(23)16-6-5-15(24-16)12-4-3-11(19)7-14(12)20/h3-7H,1-2H3,(H,22,23). The Kier molecular flexibility index (Phi) is 4.87. The summed E-state index contributed by atoms with van der Waals surface area (Å²) in [5, 5.41) is 13.5. The van der Waals surface area contributed by atoms with Crippen LogP contribution in [0.3, 0.4) is 0 Å². The minimum absolute atomic E-state index is 0.133. The number of thiophene rings is 1. The Labute approximate surface area is 158 Å². The van der Waals surface area contributed by atoms with Crippen LogP contribution in [0.25, 0.3) is 11.3 Å². The summed E-state index contributed by atoms with van der Waals surface area (Å²) in [6, 6.07) is 10.4. The summed E-state index contributed by atoms with van der Waals surface area (Å²) in [5.41, 5.74) is 1.99. The maximum Gasteiger partial charge on any atom is 0.292 e. The first-order valence-corrected chi connectivity index (χ1v) is 8.84. The number of carbonyl (C=O) groups is 1. The van der Waals surface area contributed by atoms with Gasteiger partial charge in [-0.1, -0.05) is 23.2 Å². The third-order valence-corrected chi connectivity index (χ3v) is 5.42. The van der Waals surface area contributed by atoms with E-state index in [0.717, 1.165) is 10.4 Å². The molecule has 2 aromatic heterocycles. The van der Waals surface area contributed by atoms with Crippen LogP contribution in [-0.4, -0.2) is 5.91 Å². The van der Waals surface area contributed by atoms with Crippen LogP contribution in [0, 0.1) is 25.2 Å². The molecule has 0 atom stereocenters. The molecule has 0 aliphatic heterocycles. The van der Waals surface area contributed by atoms with Crippen LogP contribution in [0.1, 0.15) is 26.6 Å². The van der Waals surface area contributed by atoms with Crippen LogP contribution >= 0.6 is 34.5 Å². The molecule has 0 fully saturated rings. The minimum atomic E-state index is -0.422. The van der Waals surface area contributed by atoms with E-state index in [9.17, 15) is 10.1 Å². The van der Waals surface area contributed by atoms with E-state index in [2.05, 4.69) is 11.4 Å². The largest absolute Gasteiger partial charge is 0.451 e. The molecular weight excluding hydrogens is 379 g/mol. The number of furan rings is 1. The van der Waals surface area contributed by atoms with Gasteiger partial charge in [0, 0.05) is 15.5 Å². The zero-order valence-corrected chi connectivity index (χ0v) is 15.6. The Bertz CT molecular complexity index is 1010. The van der Waals surface area contributed by atoms with Gasteiger partial charge >= 0.3 is 0 Å². The minimum Gasteiger partial charge on any atom is -0.451 e. The zero-order chi connectivity index (χ0) is 18.1. The number of nitriles is 1. The second kappa shape index (κ2) is 6.93. The number of amides is 1. The van der Waals surface area contributed by atoms with Crippen LogP contribution in [-0.2, 0) is 0 Å². The summed E-state index contributed by atoms with van der Waals surface area (Å²) in [6.07, 6.45) is 0. The zero-order valence-electron chi connectivity index (χ0n) is 13.3. The molecule has 1 N–H and O–H groups in total. The Balaban J connectivity index is 1.87. The lowest BCUT2D eigenvalue weighted by molar-refractivity contribution is 0.0998. The van der Waals surface area contributed by atoms with Crippen molar-refractivity contribution in [3.05, 3.63) is 62.1 Å². The summed E-state index contributed by atoms with van der Waals surface area (Å²) in [6.45, 7) is 3.76. The molecule has 126 valence electrons. The molecule has 0 aliphatic carbocycles. The highest BCUT2D eigenvalue weighted by Crippen LogP contribution is 2.34. The molecule has 7 heteroatoms. The van der Waals surface area contributed by atoms with E-state index in [1.54, 1.807) is 30.3 Å². The Morgan fingerprint density at radius 1 is 1.24 bits per heavy atom. The van der Waals surface area contributed by atoms with Gasteiger partial charge in [0.05, 0.1) is 10.6 Å². The molecule has 3 aromatic rings. The van der Waals surface area contributed by atoms with Crippen LogP contribution < -0.4 is 5.32 Å². The number of hydrogen-bond donors (Lipinski definition) is 1. The molecule has 0 aliphatic rings. The van der Waals surface area contributed by atoms with Gasteiger partial charge in [0.2, 0.25) is 0 Å². The molecule has 3 rings (SSSR count). The number of halogens is 2. The predicted molar refractivity (Wildman–Crippen MR) is 101 cm³/mol. The number of nitrogens with one attached hydrogen (secondary N) is 1. The fourth-order valence-electron chi connectivity index (χ4n) is 2.31. The van der Waals surface area contributed by atoms with Gasteiger partial charge < -0.3 is 9.73 Å². The van der Waals surface area contributed by atoms with Crippen molar-refractivity contribution in [3.8, 4) is 17.4 Å². The summed E-state index contributed by atoms with van der Waals surface area (Å²) in [7, 11) is 0. The SMILES string of the molecule is Cc1sc(NC(=O)c2ccc(-c3ccc(Cl)cc3Cl)o2)c(C#N)c1C. The monoisotopic (exact) mass is 390 g/mol. The van der Waals surface area contributed by atoms with E-state index in [0.29, 0.717) is 31.9 Å². The number of rotatable bonds is 3. The van der Waals surface area contributed by atoms with Gasteiger partial charge in [0.25, 0.3) is 5.91 Å². The number of carbonyl (C=O) groups excluding carboxylic acids is 1. The maximum atomic E-state index is 12.4. The van der Waals surface area contributed by atoms with Gasteiger partial charge in [-0.2, -0.15) is 5.26 Å². The van der Waals surface area contributed by atoms with E-state index in [4.69, 9.17) is 27.6 Å². The first kappa shape index (κ1) is 17.6. The highest BCUT2D eigenvalue weighted by Gasteiger charge is 2.18. The average Bonchev–Trinajstić information content (AvgIpc) is 3.13. The van der Waals surface area contributed by atoms with Gasteiger partial charge in [-0.3, -0.25) is 4.79 Å².